The van der Waals surface area contributed by atoms with E-state index in [2.05, 4.69) is 26.1 Å². The Morgan fingerprint density at radius 2 is 1.59 bits per heavy atom. The van der Waals surface area contributed by atoms with Gasteiger partial charge in [-0.2, -0.15) is 15.3 Å². The average molecular weight is 470 g/mol. The fourth-order valence-corrected chi connectivity index (χ4v) is 2.78. The molecule has 0 atom stereocenters. The number of hydrazone groups is 1. The molecule has 2 amide bonds. The van der Waals surface area contributed by atoms with Crippen LogP contribution in [-0.4, -0.2) is 23.1 Å². The highest BCUT2D eigenvalue weighted by atomic mass is 35.5. The van der Waals surface area contributed by atoms with Gasteiger partial charge in [-0.3, -0.25) is 9.59 Å². The van der Waals surface area contributed by atoms with Crippen molar-refractivity contribution < 1.29 is 14.7 Å². The molecule has 0 aromatic heterocycles. The number of hydrogen-bond acceptors (Lipinski definition) is 6. The average Bonchev–Trinajstić information content (AvgIpc) is 2.75. The first-order chi connectivity index (χ1) is 15.4. The molecule has 8 nitrogen and oxygen atoms in total. The van der Waals surface area contributed by atoms with Crippen LogP contribution in [0.4, 0.5) is 17.1 Å². The van der Waals surface area contributed by atoms with E-state index in [0.717, 1.165) is 0 Å². The SMILES string of the molecule is O=C(CC(=O)Nc1cccc(Cl)c1)N/N=C/c1cc(N=Nc2ccc(Cl)cc2)ccc1O. The summed E-state index contributed by atoms with van der Waals surface area (Å²) in [6, 6.07) is 17.9. The van der Waals surface area contributed by atoms with E-state index in [-0.39, 0.29) is 5.75 Å². The normalized spacial score (nSPS) is 11.1. The molecule has 0 aliphatic heterocycles. The van der Waals surface area contributed by atoms with E-state index in [1.54, 1.807) is 54.6 Å². The summed E-state index contributed by atoms with van der Waals surface area (Å²) < 4.78 is 0. The van der Waals surface area contributed by atoms with Crippen LogP contribution in [0.3, 0.4) is 0 Å². The zero-order chi connectivity index (χ0) is 22.9. The Bertz CT molecular complexity index is 1180. The Morgan fingerprint density at radius 3 is 2.34 bits per heavy atom. The second-order valence-corrected chi connectivity index (χ2v) is 7.32. The molecule has 3 rings (SSSR count). The number of benzene rings is 3. The third-order valence-corrected chi connectivity index (χ3v) is 4.43. The van der Waals surface area contributed by atoms with Crippen LogP contribution in [0.25, 0.3) is 0 Å². The maximum Gasteiger partial charge on any atom is 0.249 e. The Labute approximate surface area is 193 Å². The van der Waals surface area contributed by atoms with Crippen LogP contribution in [-0.2, 0) is 9.59 Å². The Kier molecular flexibility index (Phi) is 7.91. The third kappa shape index (κ3) is 7.19. The molecule has 0 unspecified atom stereocenters. The van der Waals surface area contributed by atoms with Crippen molar-refractivity contribution in [3.8, 4) is 5.75 Å². The summed E-state index contributed by atoms with van der Waals surface area (Å²) in [4.78, 5) is 23.9. The fraction of sp³-hybridized carbons (Fsp3) is 0.0455. The van der Waals surface area contributed by atoms with Gasteiger partial charge in [-0.15, -0.1) is 0 Å². The maximum absolute atomic E-state index is 11.9. The standard InChI is InChI=1S/C22H17Cl2N5O3/c23-15-4-6-17(7-5-15)27-28-19-8-9-20(30)14(10-19)13-25-29-22(32)12-21(31)26-18-3-1-2-16(24)11-18/h1-11,13,30H,12H2,(H,26,31)(H,29,32)/b25-13+,28-27?. The molecule has 0 bridgehead atoms. The molecule has 0 fully saturated rings. The van der Waals surface area contributed by atoms with Crippen molar-refractivity contribution in [2.45, 2.75) is 6.42 Å². The van der Waals surface area contributed by atoms with Crippen molar-refractivity contribution in [2.75, 3.05) is 5.32 Å². The summed E-state index contributed by atoms with van der Waals surface area (Å²) in [5.41, 5.74) is 4.10. The maximum atomic E-state index is 11.9. The van der Waals surface area contributed by atoms with Crippen LogP contribution in [0, 0.1) is 0 Å². The van der Waals surface area contributed by atoms with E-state index in [1.165, 1.54) is 18.3 Å². The molecule has 0 spiro atoms. The van der Waals surface area contributed by atoms with Crippen molar-refractivity contribution in [2.24, 2.45) is 15.3 Å². The van der Waals surface area contributed by atoms with Crippen LogP contribution in [0.2, 0.25) is 10.0 Å². The van der Waals surface area contributed by atoms with E-state index >= 15 is 0 Å². The number of nitrogens with one attached hydrogen (secondary N) is 2. The number of nitrogens with zero attached hydrogens (tertiary/aromatic N) is 3. The van der Waals surface area contributed by atoms with Gasteiger partial charge in [0.25, 0.3) is 0 Å². The lowest BCUT2D eigenvalue weighted by atomic mass is 10.2. The van der Waals surface area contributed by atoms with Gasteiger partial charge in [-0.1, -0.05) is 29.3 Å². The Morgan fingerprint density at radius 1 is 0.875 bits per heavy atom. The van der Waals surface area contributed by atoms with Gasteiger partial charge < -0.3 is 10.4 Å². The number of halogens is 2. The number of phenols is 1. The first-order valence-electron chi connectivity index (χ1n) is 9.27. The summed E-state index contributed by atoms with van der Waals surface area (Å²) in [5, 5.41) is 25.6. The summed E-state index contributed by atoms with van der Waals surface area (Å²) in [5.74, 6) is -1.21. The van der Waals surface area contributed by atoms with Gasteiger partial charge in [-0.05, 0) is 60.7 Å². The van der Waals surface area contributed by atoms with Crippen LogP contribution in [0.1, 0.15) is 12.0 Å². The highest BCUT2D eigenvalue weighted by Crippen LogP contribution is 2.24. The molecule has 0 aliphatic carbocycles. The van der Waals surface area contributed by atoms with Crippen molar-refractivity contribution >= 4 is 58.3 Å². The molecule has 32 heavy (non-hydrogen) atoms. The quantitative estimate of drug-likeness (QED) is 0.181. The van der Waals surface area contributed by atoms with E-state index in [1.807, 2.05) is 0 Å². The Hall–Kier alpha value is -3.75. The minimum atomic E-state index is -0.626. The first kappa shape index (κ1) is 22.9. The predicted octanol–water partition coefficient (Wildman–Crippen LogP) is 5.59. The first-order valence-corrected chi connectivity index (χ1v) is 10.0. The summed E-state index contributed by atoms with van der Waals surface area (Å²) in [6.45, 7) is 0. The second kappa shape index (κ2) is 11.0. The number of aromatic hydroxyl groups is 1. The summed E-state index contributed by atoms with van der Waals surface area (Å²) in [7, 11) is 0. The highest BCUT2D eigenvalue weighted by Gasteiger charge is 2.09. The van der Waals surface area contributed by atoms with Crippen LogP contribution < -0.4 is 10.7 Å². The molecule has 0 saturated carbocycles. The smallest absolute Gasteiger partial charge is 0.249 e. The number of amides is 2. The lowest BCUT2D eigenvalue weighted by Gasteiger charge is -2.05. The molecular weight excluding hydrogens is 453 g/mol. The van der Waals surface area contributed by atoms with Crippen molar-refractivity contribution in [1.82, 2.24) is 5.43 Å². The molecular formula is C22H17Cl2N5O3. The van der Waals surface area contributed by atoms with Gasteiger partial charge in [0, 0.05) is 21.3 Å². The number of azo groups is 1. The van der Waals surface area contributed by atoms with Crippen LogP contribution >= 0.6 is 23.2 Å². The molecule has 0 radical (unpaired) electrons. The second-order valence-electron chi connectivity index (χ2n) is 6.45. The van der Waals surface area contributed by atoms with Gasteiger partial charge in [0.05, 0.1) is 17.6 Å². The number of hydrogen-bond donors (Lipinski definition) is 3. The summed E-state index contributed by atoms with van der Waals surface area (Å²) in [6.07, 6.45) is 0.800. The minimum Gasteiger partial charge on any atom is -0.507 e. The zero-order valence-electron chi connectivity index (χ0n) is 16.5. The van der Waals surface area contributed by atoms with Crippen LogP contribution in [0.5, 0.6) is 5.75 Å². The summed E-state index contributed by atoms with van der Waals surface area (Å²) >= 11 is 11.7. The molecule has 10 heteroatoms. The lowest BCUT2D eigenvalue weighted by molar-refractivity contribution is -0.126. The molecule has 0 heterocycles. The van der Waals surface area contributed by atoms with E-state index < -0.39 is 18.2 Å². The number of rotatable bonds is 7. The lowest BCUT2D eigenvalue weighted by Crippen LogP contribution is -2.24. The van der Waals surface area contributed by atoms with Crippen molar-refractivity contribution in [1.29, 1.82) is 0 Å². The topological polar surface area (TPSA) is 116 Å². The van der Waals surface area contributed by atoms with Gasteiger partial charge >= 0.3 is 0 Å². The van der Waals surface area contributed by atoms with Gasteiger partial charge in [0.2, 0.25) is 11.8 Å². The number of carbonyl (C=O) groups excluding carboxylic acids is 2. The minimum absolute atomic E-state index is 0.0628. The van der Waals surface area contributed by atoms with Crippen LogP contribution in [0.15, 0.2) is 82.1 Å². The van der Waals surface area contributed by atoms with Gasteiger partial charge in [-0.25, -0.2) is 5.43 Å². The number of carbonyl (C=O) groups is 2. The monoisotopic (exact) mass is 469 g/mol. The third-order valence-electron chi connectivity index (χ3n) is 3.94. The predicted molar refractivity (Wildman–Crippen MR) is 124 cm³/mol. The molecule has 3 N–H and O–H groups in total. The fourth-order valence-electron chi connectivity index (χ4n) is 2.46. The number of anilines is 1. The van der Waals surface area contributed by atoms with E-state index in [9.17, 15) is 14.7 Å². The Balaban J connectivity index is 1.56. The van der Waals surface area contributed by atoms with E-state index in [0.29, 0.717) is 32.7 Å². The molecule has 3 aromatic carbocycles. The van der Waals surface area contributed by atoms with E-state index in [4.69, 9.17) is 23.2 Å². The number of phenolic OH excluding ortho intramolecular Hbond substituents is 1. The largest absolute Gasteiger partial charge is 0.507 e. The highest BCUT2D eigenvalue weighted by molar-refractivity contribution is 6.31. The molecule has 0 saturated heterocycles. The van der Waals surface area contributed by atoms with Gasteiger partial charge in [0.15, 0.2) is 0 Å². The van der Waals surface area contributed by atoms with Crippen molar-refractivity contribution in [3.63, 3.8) is 0 Å². The van der Waals surface area contributed by atoms with Crippen molar-refractivity contribution in [3.05, 3.63) is 82.3 Å². The van der Waals surface area contributed by atoms with Gasteiger partial charge in [0.1, 0.15) is 12.2 Å². The zero-order valence-corrected chi connectivity index (χ0v) is 18.0. The molecule has 3 aromatic rings. The molecule has 162 valence electrons. The molecule has 0 aliphatic rings.